The molecule has 2 N–H and O–H groups in total. The van der Waals surface area contributed by atoms with E-state index in [1.165, 1.54) is 0 Å². The molecule has 0 aliphatic rings. The molecular weight excluding hydrogens is 524 g/mol. The Morgan fingerprint density at radius 1 is 1.35 bits per heavy atom. The molecule has 0 atom stereocenters. The molecule has 0 saturated carbocycles. The largest absolute Gasteiger partial charge is 1.00 e. The lowest BCUT2D eigenvalue weighted by molar-refractivity contribution is -0.586. The lowest BCUT2D eigenvalue weighted by Gasteiger charge is -1.99. The third kappa shape index (κ3) is 16.1. The number of ether oxygens (including phenoxy) is 1. The molecule has 8 heteroatoms. The number of halogens is 4. The lowest BCUT2D eigenvalue weighted by Crippen LogP contribution is -3.00. The molecule has 0 bridgehead atoms. The summed E-state index contributed by atoms with van der Waals surface area (Å²) in [5.74, 6) is 0. The number of nitriles is 1. The zero-order chi connectivity index (χ0) is 13.8. The van der Waals surface area contributed by atoms with E-state index in [1.807, 2.05) is 36.4 Å². The van der Waals surface area contributed by atoms with Gasteiger partial charge in [0.05, 0.1) is 12.7 Å². The van der Waals surface area contributed by atoms with Crippen LogP contribution in [0.5, 0.6) is 0 Å². The van der Waals surface area contributed by atoms with Gasteiger partial charge in [-0.2, -0.15) is 10.1 Å². The van der Waals surface area contributed by atoms with E-state index in [0.29, 0.717) is 13.2 Å². The summed E-state index contributed by atoms with van der Waals surface area (Å²) in [6.07, 6.45) is -0.244. The molecule has 0 aliphatic carbocycles. The predicted molar refractivity (Wildman–Crippen MR) is 76.3 cm³/mol. The van der Waals surface area contributed by atoms with Gasteiger partial charge in [0.15, 0.2) is 3.74 Å². The van der Waals surface area contributed by atoms with Crippen molar-refractivity contribution in [3.8, 4) is 6.07 Å². The van der Waals surface area contributed by atoms with Gasteiger partial charge in [-0.3, -0.25) is 0 Å². The molecule has 1 rings (SSSR count). The van der Waals surface area contributed by atoms with Crippen LogP contribution in [0.2, 0.25) is 0 Å². The van der Waals surface area contributed by atoms with Crippen LogP contribution in [-0.2, 0) is 11.3 Å². The third-order valence-corrected chi connectivity index (χ3v) is 2.14. The SMILES string of the molecule is CCOC(=O)[NH2+]Cc1ccccc1.N#CC(Br)Br.[Br-].[Br-]. The summed E-state index contributed by atoms with van der Waals surface area (Å²) in [6, 6.07) is 11.7. The molecule has 20 heavy (non-hydrogen) atoms. The number of hydrogen-bond donors (Lipinski definition) is 1. The number of carbonyl (C=O) groups is 1. The molecule has 0 radical (unpaired) electrons. The molecular formula is C12H15Br4N2O2-. The summed E-state index contributed by atoms with van der Waals surface area (Å²) in [7, 11) is 0. The van der Waals surface area contributed by atoms with Crippen molar-refractivity contribution in [2.45, 2.75) is 17.2 Å². The summed E-state index contributed by atoms with van der Waals surface area (Å²) < 4.78 is 4.58. The fourth-order valence-corrected chi connectivity index (χ4v) is 1.02. The topological polar surface area (TPSA) is 66.7 Å². The summed E-state index contributed by atoms with van der Waals surface area (Å²) in [5, 5.41) is 9.35. The zero-order valence-corrected chi connectivity index (χ0v) is 17.1. The van der Waals surface area contributed by atoms with Crippen molar-refractivity contribution in [2.24, 2.45) is 0 Å². The Morgan fingerprint density at radius 3 is 2.25 bits per heavy atom. The van der Waals surface area contributed by atoms with E-state index in [2.05, 4.69) is 31.9 Å². The number of primary amides is 1. The number of rotatable bonds is 3. The number of quaternary nitrogens is 1. The Morgan fingerprint density at radius 2 is 1.85 bits per heavy atom. The van der Waals surface area contributed by atoms with E-state index >= 15 is 0 Å². The first-order valence-corrected chi connectivity index (χ1v) is 7.15. The van der Waals surface area contributed by atoms with Gasteiger partial charge >= 0.3 is 6.09 Å². The molecule has 0 aromatic heterocycles. The number of amides is 1. The molecule has 0 unspecified atom stereocenters. The summed E-state index contributed by atoms with van der Waals surface area (Å²) in [6.45, 7) is 2.87. The Balaban J connectivity index is -0.000000361. The van der Waals surface area contributed by atoms with E-state index in [0.717, 1.165) is 5.56 Å². The minimum atomic E-state index is -0.244. The summed E-state index contributed by atoms with van der Waals surface area (Å²) >= 11 is 5.86. The molecule has 1 aromatic carbocycles. The Bertz CT molecular complexity index is 383. The van der Waals surface area contributed by atoms with E-state index in [4.69, 9.17) is 10.00 Å². The summed E-state index contributed by atoms with van der Waals surface area (Å²) in [5.41, 5.74) is 1.12. The Hall–Kier alpha value is 0.0600. The van der Waals surface area contributed by atoms with Crippen LogP contribution < -0.4 is 39.3 Å². The zero-order valence-electron chi connectivity index (χ0n) is 10.7. The maximum atomic E-state index is 10.9. The van der Waals surface area contributed by atoms with Crippen molar-refractivity contribution < 1.29 is 48.8 Å². The second-order valence-electron chi connectivity index (χ2n) is 3.08. The van der Waals surface area contributed by atoms with Crippen LogP contribution in [-0.4, -0.2) is 16.4 Å². The molecule has 4 nitrogen and oxygen atoms in total. The van der Waals surface area contributed by atoms with Crippen LogP contribution in [0.25, 0.3) is 0 Å². The Kier molecular flexibility index (Phi) is 21.4. The normalized spacial score (nSPS) is 8.15. The number of nitrogens with two attached hydrogens (primary N) is 1. The molecule has 0 heterocycles. The first kappa shape index (κ1) is 25.0. The third-order valence-electron chi connectivity index (χ3n) is 1.73. The minimum Gasteiger partial charge on any atom is -1.00 e. The number of nitrogens with zero attached hydrogens (tertiary/aromatic N) is 1. The van der Waals surface area contributed by atoms with Gasteiger partial charge in [0.2, 0.25) is 0 Å². The highest BCUT2D eigenvalue weighted by Gasteiger charge is 2.04. The first-order valence-electron chi connectivity index (χ1n) is 5.31. The van der Waals surface area contributed by atoms with Crippen molar-refractivity contribution in [2.75, 3.05) is 6.61 Å². The average molecular weight is 539 g/mol. The predicted octanol–water partition coefficient (Wildman–Crippen LogP) is -3.46. The number of carbonyl (C=O) groups excluding carboxylic acids is 1. The molecule has 1 amide bonds. The second kappa shape index (κ2) is 17.1. The number of alkyl halides is 2. The molecule has 0 spiro atoms. The fourth-order valence-electron chi connectivity index (χ4n) is 1.02. The van der Waals surface area contributed by atoms with Crippen molar-refractivity contribution in [3.63, 3.8) is 0 Å². The van der Waals surface area contributed by atoms with Crippen LogP contribution in [0.1, 0.15) is 12.5 Å². The maximum absolute atomic E-state index is 10.9. The van der Waals surface area contributed by atoms with Crippen LogP contribution in [0, 0.1) is 11.3 Å². The first-order chi connectivity index (χ1) is 8.60. The van der Waals surface area contributed by atoms with E-state index < -0.39 is 0 Å². The monoisotopic (exact) mass is 535 g/mol. The van der Waals surface area contributed by atoms with Gasteiger partial charge in [-0.1, -0.05) is 62.2 Å². The Labute approximate surface area is 157 Å². The molecule has 0 saturated heterocycles. The van der Waals surface area contributed by atoms with Gasteiger partial charge in [0.25, 0.3) is 0 Å². The van der Waals surface area contributed by atoms with Crippen molar-refractivity contribution in [1.82, 2.24) is 0 Å². The van der Waals surface area contributed by atoms with Crippen LogP contribution in [0.15, 0.2) is 30.3 Å². The van der Waals surface area contributed by atoms with Gasteiger partial charge in [-0.25, -0.2) is 5.32 Å². The van der Waals surface area contributed by atoms with Gasteiger partial charge in [-0.15, -0.1) is 0 Å². The lowest BCUT2D eigenvalue weighted by atomic mass is 10.2. The highest BCUT2D eigenvalue weighted by atomic mass is 79.9. The molecule has 0 fully saturated rings. The highest BCUT2D eigenvalue weighted by molar-refractivity contribution is 9.24. The van der Waals surface area contributed by atoms with E-state index in [-0.39, 0.29) is 43.8 Å². The molecule has 0 aliphatic heterocycles. The molecule has 1 aromatic rings. The molecule has 114 valence electrons. The van der Waals surface area contributed by atoms with Gasteiger partial charge in [0.1, 0.15) is 6.54 Å². The van der Waals surface area contributed by atoms with Crippen molar-refractivity contribution in [3.05, 3.63) is 35.9 Å². The minimum absolute atomic E-state index is 0. The van der Waals surface area contributed by atoms with Gasteiger partial charge in [0, 0.05) is 5.56 Å². The number of benzene rings is 1. The van der Waals surface area contributed by atoms with Crippen molar-refractivity contribution >= 4 is 38.0 Å². The number of hydrogen-bond acceptors (Lipinski definition) is 3. The second-order valence-corrected chi connectivity index (χ2v) is 6.14. The van der Waals surface area contributed by atoms with Crippen LogP contribution in [0.3, 0.4) is 0 Å². The van der Waals surface area contributed by atoms with Gasteiger partial charge in [-0.05, 0) is 6.92 Å². The summed E-state index contributed by atoms with van der Waals surface area (Å²) in [4.78, 5) is 10.9. The van der Waals surface area contributed by atoms with E-state index in [1.54, 1.807) is 12.2 Å². The fraction of sp³-hybridized carbons (Fsp3) is 0.333. The van der Waals surface area contributed by atoms with Crippen LogP contribution >= 0.6 is 31.9 Å². The maximum Gasteiger partial charge on any atom is 0.512 e. The standard InChI is InChI=1S/C10H13NO2.C2HBr2N.2BrH/c1-2-13-10(12)11-8-9-6-4-3-5-7-9;3-2(4)1-5;;/h3-7H,2,8H2,1H3,(H,11,12);2H;2*1H/p-1. The smallest absolute Gasteiger partial charge is 0.512 e. The van der Waals surface area contributed by atoms with E-state index in [9.17, 15) is 4.79 Å². The van der Waals surface area contributed by atoms with Crippen LogP contribution in [0.4, 0.5) is 4.79 Å². The average Bonchev–Trinajstić information content (AvgIpc) is 2.38. The van der Waals surface area contributed by atoms with Gasteiger partial charge < -0.3 is 38.7 Å². The quantitative estimate of drug-likeness (QED) is 0.407. The van der Waals surface area contributed by atoms with Crippen molar-refractivity contribution in [1.29, 1.82) is 5.26 Å². The highest BCUT2D eigenvalue weighted by Crippen LogP contribution is 2.03.